The predicted octanol–water partition coefficient (Wildman–Crippen LogP) is 4.38. The number of nitriles is 1. The highest BCUT2D eigenvalue weighted by Crippen LogP contribution is 2.28. The van der Waals surface area contributed by atoms with E-state index < -0.39 is 20.7 Å². The van der Waals surface area contributed by atoms with Gasteiger partial charge in [0.05, 0.1) is 17.6 Å². The number of aryl methyl sites for hydroxylation is 1. The van der Waals surface area contributed by atoms with Crippen LogP contribution in [0.5, 0.6) is 0 Å². The van der Waals surface area contributed by atoms with Crippen molar-refractivity contribution in [2.45, 2.75) is 11.8 Å². The molecule has 1 heterocycles. The van der Waals surface area contributed by atoms with Crippen LogP contribution < -0.4 is 0 Å². The molecular formula is C22H17NO5S. The van der Waals surface area contributed by atoms with Gasteiger partial charge in [-0.1, -0.05) is 35.9 Å². The maximum Gasteiger partial charge on any atom is 0.338 e. The fourth-order valence-corrected chi connectivity index (χ4v) is 3.84. The molecule has 0 amide bonds. The number of esters is 1. The fraction of sp³-hybridized carbons (Fsp3) is 0.0909. The molecule has 0 aliphatic heterocycles. The first-order valence-corrected chi connectivity index (χ1v) is 10.1. The number of rotatable bonds is 5. The van der Waals surface area contributed by atoms with Crippen LogP contribution in [0.15, 0.2) is 74.9 Å². The topological polar surface area (TPSA) is 97.4 Å². The summed E-state index contributed by atoms with van der Waals surface area (Å²) in [5, 5.41) is 9.41. The van der Waals surface area contributed by atoms with Gasteiger partial charge in [0, 0.05) is 11.6 Å². The number of carbonyl (C=O) groups is 1. The van der Waals surface area contributed by atoms with E-state index in [4.69, 9.17) is 9.15 Å². The summed E-state index contributed by atoms with van der Waals surface area (Å²) < 4.78 is 36.0. The number of sulfone groups is 1. The SMILES string of the molecule is COC(=O)c1ccccc1-c1ccc(/C=C(\C#N)S(=O)(=O)c2ccc(C)cc2)o1. The molecule has 0 atom stereocenters. The van der Waals surface area contributed by atoms with E-state index in [-0.39, 0.29) is 10.7 Å². The minimum atomic E-state index is -3.98. The van der Waals surface area contributed by atoms with Crippen molar-refractivity contribution in [3.63, 3.8) is 0 Å². The lowest BCUT2D eigenvalue weighted by Crippen LogP contribution is -2.03. The van der Waals surface area contributed by atoms with Crippen molar-refractivity contribution in [3.8, 4) is 17.4 Å². The molecule has 0 radical (unpaired) electrons. The zero-order valence-corrected chi connectivity index (χ0v) is 16.6. The fourth-order valence-electron chi connectivity index (χ4n) is 2.70. The number of hydrogen-bond acceptors (Lipinski definition) is 6. The van der Waals surface area contributed by atoms with E-state index >= 15 is 0 Å². The summed E-state index contributed by atoms with van der Waals surface area (Å²) in [5.74, 6) is 0.00272. The minimum Gasteiger partial charge on any atom is -0.465 e. The molecule has 7 heteroatoms. The summed E-state index contributed by atoms with van der Waals surface area (Å²) in [5.41, 5.74) is 1.72. The van der Waals surface area contributed by atoms with Gasteiger partial charge in [0.2, 0.25) is 9.84 Å². The first-order chi connectivity index (χ1) is 13.9. The standard InChI is InChI=1S/C22H17NO5S/c1-15-7-10-17(11-8-15)29(25,26)18(14-23)13-16-9-12-21(28-16)19-5-3-4-6-20(19)22(24)27-2/h3-13H,1-2H3/b18-13+. The highest BCUT2D eigenvalue weighted by Gasteiger charge is 2.22. The van der Waals surface area contributed by atoms with Crippen LogP contribution in [0.1, 0.15) is 21.7 Å². The maximum atomic E-state index is 12.7. The Morgan fingerprint density at radius 3 is 2.41 bits per heavy atom. The molecule has 0 unspecified atom stereocenters. The van der Waals surface area contributed by atoms with Crippen molar-refractivity contribution in [1.29, 1.82) is 5.26 Å². The molecule has 0 saturated carbocycles. The van der Waals surface area contributed by atoms with Gasteiger partial charge in [-0.05, 0) is 37.3 Å². The average Bonchev–Trinajstić information content (AvgIpc) is 3.20. The second-order valence-corrected chi connectivity index (χ2v) is 8.09. The number of methoxy groups -OCH3 is 1. The molecule has 0 bridgehead atoms. The minimum absolute atomic E-state index is 0.0266. The molecule has 2 aromatic carbocycles. The van der Waals surface area contributed by atoms with Crippen LogP contribution in [-0.4, -0.2) is 21.5 Å². The second kappa shape index (κ2) is 8.17. The van der Waals surface area contributed by atoms with Gasteiger partial charge in [-0.15, -0.1) is 0 Å². The Hall–Kier alpha value is -3.63. The molecule has 29 heavy (non-hydrogen) atoms. The molecule has 0 spiro atoms. The largest absolute Gasteiger partial charge is 0.465 e. The number of furan rings is 1. The lowest BCUT2D eigenvalue weighted by molar-refractivity contribution is 0.0601. The van der Waals surface area contributed by atoms with Gasteiger partial charge in [0.25, 0.3) is 0 Å². The van der Waals surface area contributed by atoms with Gasteiger partial charge < -0.3 is 9.15 Å². The lowest BCUT2D eigenvalue weighted by Gasteiger charge is -2.05. The Morgan fingerprint density at radius 1 is 1.07 bits per heavy atom. The van der Waals surface area contributed by atoms with Crippen LogP contribution >= 0.6 is 0 Å². The van der Waals surface area contributed by atoms with Crippen LogP contribution in [0.4, 0.5) is 0 Å². The van der Waals surface area contributed by atoms with E-state index in [1.165, 1.54) is 31.4 Å². The van der Waals surface area contributed by atoms with Crippen molar-refractivity contribution in [2.75, 3.05) is 7.11 Å². The van der Waals surface area contributed by atoms with Crippen molar-refractivity contribution >= 4 is 21.9 Å². The Labute approximate surface area is 168 Å². The average molecular weight is 407 g/mol. The zero-order valence-electron chi connectivity index (χ0n) is 15.7. The molecule has 0 aliphatic rings. The quantitative estimate of drug-likeness (QED) is 0.460. The molecule has 3 rings (SSSR count). The molecule has 0 fully saturated rings. The Morgan fingerprint density at radius 2 is 1.76 bits per heavy atom. The number of ether oxygens (including phenoxy) is 1. The van der Waals surface area contributed by atoms with Crippen LogP contribution in [-0.2, 0) is 14.6 Å². The van der Waals surface area contributed by atoms with E-state index in [9.17, 15) is 18.5 Å². The summed E-state index contributed by atoms with van der Waals surface area (Å²) in [6, 6.07) is 17.8. The molecule has 6 nitrogen and oxygen atoms in total. The number of nitrogens with zero attached hydrogens (tertiary/aromatic N) is 1. The third kappa shape index (κ3) is 4.13. The zero-order chi connectivity index (χ0) is 21.0. The number of benzene rings is 2. The van der Waals surface area contributed by atoms with E-state index in [1.54, 1.807) is 48.5 Å². The Bertz CT molecular complexity index is 1230. The van der Waals surface area contributed by atoms with E-state index in [1.807, 2.05) is 6.92 Å². The van der Waals surface area contributed by atoms with Crippen LogP contribution in [0, 0.1) is 18.3 Å². The monoisotopic (exact) mass is 407 g/mol. The number of carbonyl (C=O) groups excluding carboxylic acids is 1. The normalized spacial score (nSPS) is 11.7. The summed E-state index contributed by atoms with van der Waals surface area (Å²) in [6.07, 6.45) is 1.17. The highest BCUT2D eigenvalue weighted by molar-refractivity contribution is 7.95. The first kappa shape index (κ1) is 20.1. The molecule has 0 aliphatic carbocycles. The molecule has 146 valence electrons. The summed E-state index contributed by atoms with van der Waals surface area (Å²) >= 11 is 0. The molecule has 1 aromatic heterocycles. The van der Waals surface area contributed by atoms with Crippen molar-refractivity contribution < 1.29 is 22.4 Å². The Kier molecular flexibility index (Phi) is 5.66. The van der Waals surface area contributed by atoms with Gasteiger partial charge in [0.1, 0.15) is 17.6 Å². The molecule has 0 saturated heterocycles. The number of hydrogen-bond donors (Lipinski definition) is 0. The van der Waals surface area contributed by atoms with E-state index in [0.29, 0.717) is 16.9 Å². The van der Waals surface area contributed by atoms with Gasteiger partial charge in [0.15, 0.2) is 4.91 Å². The summed E-state index contributed by atoms with van der Waals surface area (Å²) in [7, 11) is -2.70. The lowest BCUT2D eigenvalue weighted by atomic mass is 10.1. The van der Waals surface area contributed by atoms with E-state index in [0.717, 1.165) is 5.56 Å². The van der Waals surface area contributed by atoms with Crippen molar-refractivity contribution in [1.82, 2.24) is 0 Å². The Balaban J connectivity index is 2.00. The van der Waals surface area contributed by atoms with Crippen LogP contribution in [0.25, 0.3) is 17.4 Å². The van der Waals surface area contributed by atoms with E-state index in [2.05, 4.69) is 0 Å². The van der Waals surface area contributed by atoms with Crippen LogP contribution in [0.3, 0.4) is 0 Å². The molecule has 3 aromatic rings. The van der Waals surface area contributed by atoms with Gasteiger partial charge >= 0.3 is 5.97 Å². The predicted molar refractivity (Wildman–Crippen MR) is 107 cm³/mol. The molecule has 0 N–H and O–H groups in total. The van der Waals surface area contributed by atoms with Crippen molar-refractivity contribution in [3.05, 3.63) is 82.5 Å². The third-order valence-corrected chi connectivity index (χ3v) is 5.91. The highest BCUT2D eigenvalue weighted by atomic mass is 32.2. The maximum absolute atomic E-state index is 12.7. The third-order valence-electron chi connectivity index (χ3n) is 4.23. The van der Waals surface area contributed by atoms with Gasteiger partial charge in [-0.3, -0.25) is 0 Å². The molecular weight excluding hydrogens is 390 g/mol. The first-order valence-electron chi connectivity index (χ1n) is 8.58. The van der Waals surface area contributed by atoms with Crippen molar-refractivity contribution in [2.24, 2.45) is 0 Å². The smallest absolute Gasteiger partial charge is 0.338 e. The van der Waals surface area contributed by atoms with Crippen LogP contribution in [0.2, 0.25) is 0 Å². The second-order valence-electron chi connectivity index (χ2n) is 6.18. The van der Waals surface area contributed by atoms with Gasteiger partial charge in [-0.2, -0.15) is 5.26 Å². The number of allylic oxidation sites excluding steroid dienone is 1. The summed E-state index contributed by atoms with van der Waals surface area (Å²) in [6.45, 7) is 1.84. The summed E-state index contributed by atoms with van der Waals surface area (Å²) in [4.78, 5) is 11.5. The van der Waals surface area contributed by atoms with Gasteiger partial charge in [-0.25, -0.2) is 13.2 Å².